The van der Waals surface area contributed by atoms with Gasteiger partial charge in [0.2, 0.25) is 0 Å². The summed E-state index contributed by atoms with van der Waals surface area (Å²) < 4.78 is 11.1. The van der Waals surface area contributed by atoms with Crippen molar-refractivity contribution >= 4 is 0 Å². The van der Waals surface area contributed by atoms with Crippen LogP contribution in [-0.4, -0.2) is 24.9 Å². The van der Waals surface area contributed by atoms with Gasteiger partial charge >= 0.3 is 0 Å². The molecule has 0 bridgehead atoms. The molecule has 0 radical (unpaired) electrons. The first kappa shape index (κ1) is 16.1. The van der Waals surface area contributed by atoms with Crippen LogP contribution in [0.3, 0.4) is 0 Å². The summed E-state index contributed by atoms with van der Waals surface area (Å²) in [6.07, 6.45) is 1.18. The normalized spacial score (nSPS) is 11.6. The topological polar surface area (TPSA) is 87.5 Å². The van der Waals surface area contributed by atoms with E-state index in [0.29, 0.717) is 37.6 Å². The van der Waals surface area contributed by atoms with Crippen LogP contribution in [0.5, 0.6) is 11.5 Å². The Balaban J connectivity index is 3.02. The van der Waals surface area contributed by atoms with E-state index in [-0.39, 0.29) is 12.6 Å². The summed E-state index contributed by atoms with van der Waals surface area (Å²) in [5.41, 5.74) is 9.51. The number of benzene rings is 1. The molecule has 0 aliphatic carbocycles. The molecular weight excluding hydrogens is 258 g/mol. The molecule has 0 aliphatic rings. The van der Waals surface area contributed by atoms with Crippen LogP contribution >= 0.6 is 0 Å². The van der Waals surface area contributed by atoms with E-state index in [0.717, 1.165) is 5.56 Å². The molecule has 0 heterocycles. The molecule has 6 heteroatoms. The Morgan fingerprint density at radius 2 is 1.95 bits per heavy atom. The van der Waals surface area contributed by atoms with Crippen LogP contribution in [0.1, 0.15) is 38.3 Å². The summed E-state index contributed by atoms with van der Waals surface area (Å²) in [6.45, 7) is 4.98. The zero-order chi connectivity index (χ0) is 14.8. The number of hydrogen-bond acceptors (Lipinski definition) is 4. The first-order valence-electron chi connectivity index (χ1n) is 6.81. The maximum Gasteiger partial charge on any atom is 0.161 e. The molecule has 0 fully saturated rings. The zero-order valence-corrected chi connectivity index (χ0v) is 12.0. The fourth-order valence-electron chi connectivity index (χ4n) is 1.91. The van der Waals surface area contributed by atoms with E-state index in [1.165, 1.54) is 0 Å². The number of hydrogen-bond donors (Lipinski definition) is 1. The Hall–Kier alpha value is -1.91. The fraction of sp³-hybridized carbons (Fsp3) is 0.571. The molecule has 0 aromatic heterocycles. The Kier molecular flexibility index (Phi) is 7.32. The van der Waals surface area contributed by atoms with Crippen molar-refractivity contribution in [1.82, 2.24) is 0 Å². The molecule has 0 aliphatic heterocycles. The lowest BCUT2D eigenvalue weighted by Crippen LogP contribution is -2.02. The molecule has 110 valence electrons. The molecule has 1 N–H and O–H groups in total. The van der Waals surface area contributed by atoms with E-state index in [1.54, 1.807) is 0 Å². The second-order valence-corrected chi connectivity index (χ2v) is 4.16. The minimum Gasteiger partial charge on any atom is -0.490 e. The van der Waals surface area contributed by atoms with Gasteiger partial charge in [0, 0.05) is 11.5 Å². The molecule has 0 spiro atoms. The third-order valence-corrected chi connectivity index (χ3v) is 2.78. The number of azide groups is 1. The van der Waals surface area contributed by atoms with Crippen molar-refractivity contribution in [3.05, 3.63) is 34.2 Å². The van der Waals surface area contributed by atoms with Gasteiger partial charge in [-0.05, 0) is 49.9 Å². The highest BCUT2D eigenvalue weighted by Gasteiger charge is 2.13. The van der Waals surface area contributed by atoms with Gasteiger partial charge in [-0.25, -0.2) is 0 Å². The Labute approximate surface area is 119 Å². The number of aliphatic hydroxyl groups excluding tert-OH is 1. The smallest absolute Gasteiger partial charge is 0.161 e. The van der Waals surface area contributed by atoms with Crippen molar-refractivity contribution < 1.29 is 14.6 Å². The van der Waals surface area contributed by atoms with Crippen molar-refractivity contribution in [3.63, 3.8) is 0 Å². The number of ether oxygens (including phenoxy) is 2. The van der Waals surface area contributed by atoms with Crippen LogP contribution in [0.2, 0.25) is 0 Å². The lowest BCUT2D eigenvalue weighted by atomic mass is 10.0. The zero-order valence-electron chi connectivity index (χ0n) is 12.0. The molecule has 0 saturated carbocycles. The predicted octanol–water partition coefficient (Wildman–Crippen LogP) is 3.61. The first-order valence-corrected chi connectivity index (χ1v) is 6.81. The largest absolute Gasteiger partial charge is 0.490 e. The summed E-state index contributed by atoms with van der Waals surface area (Å²) in [5, 5.41) is 12.7. The maximum absolute atomic E-state index is 8.90. The monoisotopic (exact) mass is 279 g/mol. The third kappa shape index (κ3) is 4.64. The summed E-state index contributed by atoms with van der Waals surface area (Å²) in [5.74, 6) is 1.33. The maximum atomic E-state index is 8.90. The summed E-state index contributed by atoms with van der Waals surface area (Å²) in [7, 11) is 0. The Bertz CT molecular complexity index is 459. The van der Waals surface area contributed by atoms with Gasteiger partial charge in [0.15, 0.2) is 11.5 Å². The second-order valence-electron chi connectivity index (χ2n) is 4.16. The van der Waals surface area contributed by atoms with Gasteiger partial charge in [-0.3, -0.25) is 0 Å². The average Bonchev–Trinajstić information content (AvgIpc) is 2.46. The molecule has 1 rings (SSSR count). The average molecular weight is 279 g/mol. The van der Waals surface area contributed by atoms with Crippen molar-refractivity contribution in [2.24, 2.45) is 5.11 Å². The molecule has 0 saturated heterocycles. The van der Waals surface area contributed by atoms with Crippen molar-refractivity contribution in [1.29, 1.82) is 0 Å². The third-order valence-electron chi connectivity index (χ3n) is 2.78. The molecule has 0 amide bonds. The molecule has 1 unspecified atom stereocenters. The number of aliphatic hydroxyl groups is 1. The molecular formula is C14H21N3O3. The van der Waals surface area contributed by atoms with Crippen LogP contribution in [0, 0.1) is 0 Å². The predicted molar refractivity (Wildman–Crippen MR) is 77.0 cm³/mol. The van der Waals surface area contributed by atoms with Crippen LogP contribution < -0.4 is 9.47 Å². The van der Waals surface area contributed by atoms with Crippen molar-refractivity contribution in [3.8, 4) is 11.5 Å². The second kappa shape index (κ2) is 9.07. The SMILES string of the molecule is CCOc1ccc(C(CCCO)N=[N+]=[N-])cc1OCC. The molecule has 1 atom stereocenters. The molecule has 1 aromatic rings. The van der Waals surface area contributed by atoms with Gasteiger partial charge in [-0.1, -0.05) is 11.2 Å². The Morgan fingerprint density at radius 3 is 2.55 bits per heavy atom. The van der Waals surface area contributed by atoms with Crippen LogP contribution in [-0.2, 0) is 0 Å². The lowest BCUT2D eigenvalue weighted by Gasteiger charge is -2.15. The van der Waals surface area contributed by atoms with E-state index < -0.39 is 0 Å². The highest BCUT2D eigenvalue weighted by Crippen LogP contribution is 2.33. The fourth-order valence-corrected chi connectivity index (χ4v) is 1.91. The highest BCUT2D eigenvalue weighted by atomic mass is 16.5. The van der Waals surface area contributed by atoms with E-state index in [2.05, 4.69) is 10.0 Å². The number of nitrogens with zero attached hydrogens (tertiary/aromatic N) is 3. The van der Waals surface area contributed by atoms with Gasteiger partial charge in [0.25, 0.3) is 0 Å². The van der Waals surface area contributed by atoms with Gasteiger partial charge in [-0.2, -0.15) is 0 Å². The van der Waals surface area contributed by atoms with Crippen LogP contribution in [0.15, 0.2) is 23.3 Å². The van der Waals surface area contributed by atoms with Crippen molar-refractivity contribution in [2.45, 2.75) is 32.7 Å². The Morgan fingerprint density at radius 1 is 1.25 bits per heavy atom. The van der Waals surface area contributed by atoms with Gasteiger partial charge in [0.1, 0.15) is 0 Å². The van der Waals surface area contributed by atoms with Crippen LogP contribution in [0.4, 0.5) is 0 Å². The molecule has 6 nitrogen and oxygen atoms in total. The molecule has 1 aromatic carbocycles. The summed E-state index contributed by atoms with van der Waals surface area (Å²) in [4.78, 5) is 2.87. The van der Waals surface area contributed by atoms with Crippen LogP contribution in [0.25, 0.3) is 10.4 Å². The summed E-state index contributed by atoms with van der Waals surface area (Å²) >= 11 is 0. The minimum atomic E-state index is -0.304. The van der Waals surface area contributed by atoms with Gasteiger partial charge in [-0.15, -0.1) is 0 Å². The number of rotatable bonds is 9. The van der Waals surface area contributed by atoms with E-state index in [1.807, 2.05) is 32.0 Å². The highest BCUT2D eigenvalue weighted by molar-refractivity contribution is 5.44. The minimum absolute atomic E-state index is 0.0762. The van der Waals surface area contributed by atoms with E-state index >= 15 is 0 Å². The quantitative estimate of drug-likeness (QED) is 0.425. The summed E-state index contributed by atoms with van der Waals surface area (Å²) in [6, 6.07) is 5.22. The van der Waals surface area contributed by atoms with Gasteiger partial charge in [0.05, 0.1) is 19.3 Å². The first-order chi connectivity index (χ1) is 9.76. The standard InChI is InChI=1S/C14H21N3O3/c1-3-19-13-8-7-11(10-14(13)20-4-2)12(16-17-15)6-5-9-18/h7-8,10,12,18H,3-6,9H2,1-2H3. The van der Waals surface area contributed by atoms with Gasteiger partial charge < -0.3 is 14.6 Å². The molecule has 20 heavy (non-hydrogen) atoms. The van der Waals surface area contributed by atoms with Crippen molar-refractivity contribution in [2.75, 3.05) is 19.8 Å². The van der Waals surface area contributed by atoms with E-state index in [4.69, 9.17) is 20.1 Å². The lowest BCUT2D eigenvalue weighted by molar-refractivity contribution is 0.279. The van der Waals surface area contributed by atoms with E-state index in [9.17, 15) is 0 Å².